The summed E-state index contributed by atoms with van der Waals surface area (Å²) >= 11 is 1.62. The van der Waals surface area contributed by atoms with E-state index < -0.39 is 6.03 Å². The number of benzene rings is 1. The van der Waals surface area contributed by atoms with Gasteiger partial charge in [-0.25, -0.2) is 4.79 Å². The Kier molecular flexibility index (Phi) is 5.15. The minimum absolute atomic E-state index is 0.264. The Hall–Kier alpha value is -3.06. The van der Waals surface area contributed by atoms with Crippen LogP contribution < -0.4 is 10.6 Å². The van der Waals surface area contributed by atoms with Gasteiger partial charge < -0.3 is 9.84 Å². The maximum atomic E-state index is 12.0. The quantitative estimate of drug-likeness (QED) is 0.683. The number of hydrogen-bond acceptors (Lipinski definition) is 5. The molecule has 25 heavy (non-hydrogen) atoms. The standard InChI is InChI=1S/C18H16N4O2S/c1-12(2)16-11-17(24-22-16)21-18(23)20-13-3-5-14(6-4-13)25-15-7-9-19-10-8-15/h3-11H,1H2,2H3,(H2,20,21,23). The number of urea groups is 1. The third kappa shape index (κ3) is 4.71. The Morgan fingerprint density at radius 2 is 1.76 bits per heavy atom. The lowest BCUT2D eigenvalue weighted by molar-refractivity contribution is 0.261. The predicted octanol–water partition coefficient (Wildman–Crippen LogP) is 4.90. The highest BCUT2D eigenvalue weighted by atomic mass is 32.2. The van der Waals surface area contributed by atoms with E-state index in [1.54, 1.807) is 30.2 Å². The minimum Gasteiger partial charge on any atom is -0.338 e. The molecule has 7 heteroatoms. The highest BCUT2D eigenvalue weighted by molar-refractivity contribution is 7.99. The molecule has 3 aromatic rings. The summed E-state index contributed by atoms with van der Waals surface area (Å²) in [6, 6.07) is 12.7. The molecule has 0 bridgehead atoms. The molecule has 1 aromatic carbocycles. The molecule has 0 unspecified atom stereocenters. The van der Waals surface area contributed by atoms with E-state index in [0.717, 1.165) is 15.4 Å². The van der Waals surface area contributed by atoms with Gasteiger partial charge in [0.2, 0.25) is 5.88 Å². The van der Waals surface area contributed by atoms with Crippen LogP contribution in [-0.4, -0.2) is 16.2 Å². The van der Waals surface area contributed by atoms with Gasteiger partial charge >= 0.3 is 6.03 Å². The number of allylic oxidation sites excluding steroid dienone is 1. The van der Waals surface area contributed by atoms with Gasteiger partial charge in [0.1, 0.15) is 5.69 Å². The van der Waals surface area contributed by atoms with Gasteiger partial charge in [-0.15, -0.1) is 0 Å². The summed E-state index contributed by atoms with van der Waals surface area (Å²) in [5, 5.41) is 9.13. The number of nitrogens with one attached hydrogen (secondary N) is 2. The van der Waals surface area contributed by atoms with Gasteiger partial charge in [-0.05, 0) is 48.9 Å². The van der Waals surface area contributed by atoms with Crippen molar-refractivity contribution in [3.8, 4) is 0 Å². The number of carbonyl (C=O) groups excluding carboxylic acids is 1. The van der Waals surface area contributed by atoms with Crippen molar-refractivity contribution < 1.29 is 9.32 Å². The number of aromatic nitrogens is 2. The molecule has 2 aromatic heterocycles. The zero-order valence-electron chi connectivity index (χ0n) is 13.5. The van der Waals surface area contributed by atoms with Crippen LogP contribution >= 0.6 is 11.8 Å². The monoisotopic (exact) mass is 352 g/mol. The molecule has 0 saturated carbocycles. The molecule has 0 radical (unpaired) electrons. The molecule has 2 N–H and O–H groups in total. The zero-order chi connectivity index (χ0) is 17.6. The lowest BCUT2D eigenvalue weighted by atomic mass is 10.2. The number of anilines is 2. The molecular formula is C18H16N4O2S. The van der Waals surface area contributed by atoms with Crippen LogP contribution in [0, 0.1) is 0 Å². The van der Waals surface area contributed by atoms with Crippen molar-refractivity contribution in [3.63, 3.8) is 0 Å². The number of carbonyl (C=O) groups is 1. The molecule has 0 saturated heterocycles. The highest BCUT2D eigenvalue weighted by Gasteiger charge is 2.09. The molecular weight excluding hydrogens is 336 g/mol. The van der Waals surface area contributed by atoms with Crippen molar-refractivity contribution in [1.82, 2.24) is 10.1 Å². The third-order valence-corrected chi connectivity index (χ3v) is 4.20. The lowest BCUT2D eigenvalue weighted by Crippen LogP contribution is -2.18. The normalized spacial score (nSPS) is 10.3. The molecule has 2 heterocycles. The summed E-state index contributed by atoms with van der Waals surface area (Å²) in [6.07, 6.45) is 3.51. The van der Waals surface area contributed by atoms with E-state index >= 15 is 0 Å². The average Bonchev–Trinajstić information content (AvgIpc) is 3.06. The largest absolute Gasteiger partial charge is 0.338 e. The van der Waals surface area contributed by atoms with E-state index in [4.69, 9.17) is 4.52 Å². The van der Waals surface area contributed by atoms with Crippen LogP contribution in [0.2, 0.25) is 0 Å². The number of pyridine rings is 1. The van der Waals surface area contributed by atoms with Crippen LogP contribution in [0.15, 0.2) is 75.8 Å². The second kappa shape index (κ2) is 7.67. The molecule has 0 aliphatic heterocycles. The van der Waals surface area contributed by atoms with Gasteiger partial charge in [0.25, 0.3) is 0 Å². The van der Waals surface area contributed by atoms with Crippen LogP contribution in [0.3, 0.4) is 0 Å². The Bertz CT molecular complexity index is 876. The summed E-state index contributed by atoms with van der Waals surface area (Å²) in [5.41, 5.74) is 2.04. The second-order valence-corrected chi connectivity index (χ2v) is 6.39. The molecule has 2 amide bonds. The fraction of sp³-hybridized carbons (Fsp3) is 0.0556. The Labute approximate surface area is 149 Å². The topological polar surface area (TPSA) is 80.0 Å². The molecule has 0 fully saturated rings. The van der Waals surface area contributed by atoms with Gasteiger partial charge in [0, 0.05) is 33.9 Å². The van der Waals surface area contributed by atoms with Crippen molar-refractivity contribution in [2.75, 3.05) is 10.6 Å². The molecule has 0 aliphatic rings. The van der Waals surface area contributed by atoms with E-state index in [-0.39, 0.29) is 5.88 Å². The summed E-state index contributed by atoms with van der Waals surface area (Å²) in [5.74, 6) is 0.264. The number of amides is 2. The van der Waals surface area contributed by atoms with Crippen molar-refractivity contribution >= 4 is 34.9 Å². The SMILES string of the molecule is C=C(C)c1cc(NC(=O)Nc2ccc(Sc3ccncc3)cc2)on1. The Morgan fingerprint density at radius 1 is 1.08 bits per heavy atom. The van der Waals surface area contributed by atoms with Crippen LogP contribution in [-0.2, 0) is 0 Å². The summed E-state index contributed by atoms with van der Waals surface area (Å²) in [6.45, 7) is 5.58. The van der Waals surface area contributed by atoms with Gasteiger partial charge in [-0.1, -0.05) is 23.5 Å². The van der Waals surface area contributed by atoms with Crippen LogP contribution in [0.4, 0.5) is 16.4 Å². The van der Waals surface area contributed by atoms with Gasteiger partial charge in [0.05, 0.1) is 0 Å². The van der Waals surface area contributed by atoms with E-state index in [2.05, 4.69) is 27.4 Å². The maximum Gasteiger partial charge on any atom is 0.326 e. The first-order chi connectivity index (χ1) is 12.1. The third-order valence-electron chi connectivity index (χ3n) is 3.18. The summed E-state index contributed by atoms with van der Waals surface area (Å²) in [4.78, 5) is 18.2. The number of rotatable bonds is 5. The first kappa shape index (κ1) is 16.8. The molecule has 126 valence electrons. The van der Waals surface area contributed by atoms with E-state index in [1.807, 2.05) is 43.3 Å². The fourth-order valence-electron chi connectivity index (χ4n) is 1.96. The number of hydrogen-bond donors (Lipinski definition) is 2. The maximum absolute atomic E-state index is 12.0. The lowest BCUT2D eigenvalue weighted by Gasteiger charge is -2.06. The molecule has 3 rings (SSSR count). The van der Waals surface area contributed by atoms with Crippen LogP contribution in [0.1, 0.15) is 12.6 Å². The zero-order valence-corrected chi connectivity index (χ0v) is 14.3. The van der Waals surface area contributed by atoms with E-state index in [1.165, 1.54) is 0 Å². The van der Waals surface area contributed by atoms with Crippen molar-refractivity contribution in [1.29, 1.82) is 0 Å². The average molecular weight is 352 g/mol. The summed E-state index contributed by atoms with van der Waals surface area (Å²) in [7, 11) is 0. The second-order valence-electron chi connectivity index (χ2n) is 5.25. The smallest absolute Gasteiger partial charge is 0.326 e. The van der Waals surface area contributed by atoms with E-state index in [9.17, 15) is 4.79 Å². The summed E-state index contributed by atoms with van der Waals surface area (Å²) < 4.78 is 5.03. The van der Waals surface area contributed by atoms with Crippen molar-refractivity contribution in [3.05, 3.63) is 67.1 Å². The van der Waals surface area contributed by atoms with Crippen LogP contribution in [0.5, 0.6) is 0 Å². The molecule has 6 nitrogen and oxygen atoms in total. The first-order valence-corrected chi connectivity index (χ1v) is 8.30. The predicted molar refractivity (Wildman–Crippen MR) is 98.7 cm³/mol. The van der Waals surface area contributed by atoms with Gasteiger partial charge in [0.15, 0.2) is 0 Å². The van der Waals surface area contributed by atoms with E-state index in [0.29, 0.717) is 11.4 Å². The first-order valence-electron chi connectivity index (χ1n) is 7.49. The van der Waals surface area contributed by atoms with Crippen molar-refractivity contribution in [2.24, 2.45) is 0 Å². The molecule has 0 spiro atoms. The van der Waals surface area contributed by atoms with Gasteiger partial charge in [-0.2, -0.15) is 0 Å². The van der Waals surface area contributed by atoms with Crippen LogP contribution in [0.25, 0.3) is 5.57 Å². The minimum atomic E-state index is -0.404. The number of nitrogens with zero attached hydrogens (tertiary/aromatic N) is 2. The molecule has 0 aliphatic carbocycles. The Morgan fingerprint density at radius 3 is 2.40 bits per heavy atom. The van der Waals surface area contributed by atoms with Crippen molar-refractivity contribution in [2.45, 2.75) is 16.7 Å². The van der Waals surface area contributed by atoms with Gasteiger partial charge in [-0.3, -0.25) is 10.3 Å². The highest BCUT2D eigenvalue weighted by Crippen LogP contribution is 2.27. The Balaban J connectivity index is 1.57. The fourth-order valence-corrected chi connectivity index (χ4v) is 2.76. The molecule has 0 atom stereocenters.